The van der Waals surface area contributed by atoms with E-state index >= 15 is 0 Å². The number of hydrogen-bond donors (Lipinski definition) is 3. The molecule has 108 valence electrons. The molecule has 1 fully saturated rings. The first kappa shape index (κ1) is 14.3. The number of aromatic amines is 1. The van der Waals surface area contributed by atoms with Gasteiger partial charge in [0.25, 0.3) is 11.7 Å². The number of Topliss-reactive ketones (excluding diaryl/α,β-unsaturated/α-hetero) is 1. The number of ketones is 1. The molecule has 1 saturated heterocycles. The SMILES string of the molecule is CN1CCC(NC(=O)C(=O)c2cc(C(N)=O)c[nH]2)CC1. The summed E-state index contributed by atoms with van der Waals surface area (Å²) in [6, 6.07) is 1.31. The van der Waals surface area contributed by atoms with Gasteiger partial charge in [-0.25, -0.2) is 0 Å². The van der Waals surface area contributed by atoms with Crippen LogP contribution in [0.25, 0.3) is 0 Å². The van der Waals surface area contributed by atoms with Crippen LogP contribution in [0.1, 0.15) is 33.7 Å². The maximum atomic E-state index is 11.9. The Morgan fingerprint density at radius 2 is 2.00 bits per heavy atom. The van der Waals surface area contributed by atoms with Gasteiger partial charge in [-0.2, -0.15) is 0 Å². The van der Waals surface area contributed by atoms with Crippen molar-refractivity contribution in [3.63, 3.8) is 0 Å². The zero-order chi connectivity index (χ0) is 14.7. The van der Waals surface area contributed by atoms with Gasteiger partial charge in [-0.15, -0.1) is 0 Å². The minimum Gasteiger partial charge on any atom is -0.366 e. The average molecular weight is 278 g/mol. The summed E-state index contributed by atoms with van der Waals surface area (Å²) in [5.74, 6) is -1.98. The number of aromatic nitrogens is 1. The van der Waals surface area contributed by atoms with Gasteiger partial charge in [-0.1, -0.05) is 0 Å². The molecule has 1 aliphatic heterocycles. The molecule has 7 heteroatoms. The monoisotopic (exact) mass is 278 g/mol. The van der Waals surface area contributed by atoms with Gasteiger partial charge in [0.1, 0.15) is 0 Å². The fourth-order valence-corrected chi connectivity index (χ4v) is 2.19. The Kier molecular flexibility index (Phi) is 4.19. The lowest BCUT2D eigenvalue weighted by molar-refractivity contribution is -0.118. The second kappa shape index (κ2) is 5.87. The number of nitrogens with zero attached hydrogens (tertiary/aromatic N) is 1. The summed E-state index contributed by atoms with van der Waals surface area (Å²) < 4.78 is 0. The lowest BCUT2D eigenvalue weighted by atomic mass is 10.1. The molecule has 2 rings (SSSR count). The molecular weight excluding hydrogens is 260 g/mol. The fourth-order valence-electron chi connectivity index (χ4n) is 2.19. The number of nitrogens with one attached hydrogen (secondary N) is 2. The smallest absolute Gasteiger partial charge is 0.294 e. The summed E-state index contributed by atoms with van der Waals surface area (Å²) in [5.41, 5.74) is 5.34. The second-order valence-corrected chi connectivity index (χ2v) is 5.05. The number of primary amides is 1. The first-order chi connectivity index (χ1) is 9.47. The number of rotatable bonds is 4. The Labute approximate surface area is 116 Å². The number of amides is 2. The molecule has 20 heavy (non-hydrogen) atoms. The van der Waals surface area contributed by atoms with Gasteiger partial charge in [0, 0.05) is 12.2 Å². The molecular formula is C13H18N4O3. The first-order valence-corrected chi connectivity index (χ1v) is 6.49. The molecule has 1 aromatic heterocycles. The number of piperidine rings is 1. The van der Waals surface area contributed by atoms with Gasteiger partial charge in [0.2, 0.25) is 5.91 Å². The van der Waals surface area contributed by atoms with E-state index in [2.05, 4.69) is 15.2 Å². The number of carbonyl (C=O) groups excluding carboxylic acids is 3. The van der Waals surface area contributed by atoms with E-state index in [0.29, 0.717) is 0 Å². The highest BCUT2D eigenvalue weighted by Gasteiger charge is 2.24. The maximum absolute atomic E-state index is 11.9. The molecule has 0 aromatic carbocycles. The summed E-state index contributed by atoms with van der Waals surface area (Å²) in [4.78, 5) is 39.5. The van der Waals surface area contributed by atoms with E-state index in [1.54, 1.807) is 0 Å². The molecule has 2 heterocycles. The molecule has 0 atom stereocenters. The molecule has 0 spiro atoms. The first-order valence-electron chi connectivity index (χ1n) is 6.49. The van der Waals surface area contributed by atoms with E-state index in [4.69, 9.17) is 5.73 Å². The number of hydrogen-bond acceptors (Lipinski definition) is 4. The van der Waals surface area contributed by atoms with Crippen molar-refractivity contribution in [2.45, 2.75) is 18.9 Å². The Balaban J connectivity index is 1.94. The summed E-state index contributed by atoms with van der Waals surface area (Å²) in [7, 11) is 2.02. The van der Waals surface area contributed by atoms with Gasteiger partial charge in [-0.3, -0.25) is 14.4 Å². The van der Waals surface area contributed by atoms with Gasteiger partial charge >= 0.3 is 0 Å². The van der Waals surface area contributed by atoms with E-state index in [1.807, 2.05) is 7.05 Å². The Morgan fingerprint density at radius 3 is 2.55 bits per heavy atom. The van der Waals surface area contributed by atoms with E-state index in [1.165, 1.54) is 12.3 Å². The van der Waals surface area contributed by atoms with Crippen LogP contribution in [-0.2, 0) is 4.79 Å². The van der Waals surface area contributed by atoms with Crippen LogP contribution < -0.4 is 11.1 Å². The number of likely N-dealkylation sites (tertiary alicyclic amines) is 1. The Bertz CT molecular complexity index is 529. The highest BCUT2D eigenvalue weighted by atomic mass is 16.2. The van der Waals surface area contributed by atoms with E-state index in [9.17, 15) is 14.4 Å². The molecule has 1 aliphatic rings. The van der Waals surface area contributed by atoms with Crippen molar-refractivity contribution in [3.05, 3.63) is 23.5 Å². The predicted molar refractivity (Wildman–Crippen MR) is 72.3 cm³/mol. The molecule has 1 aromatic rings. The van der Waals surface area contributed by atoms with Crippen LogP contribution in [0.2, 0.25) is 0 Å². The van der Waals surface area contributed by atoms with Crippen molar-refractivity contribution in [1.29, 1.82) is 0 Å². The topological polar surface area (TPSA) is 108 Å². The van der Waals surface area contributed by atoms with Crippen LogP contribution in [0.4, 0.5) is 0 Å². The highest BCUT2D eigenvalue weighted by Crippen LogP contribution is 2.09. The van der Waals surface area contributed by atoms with Crippen molar-refractivity contribution >= 4 is 17.6 Å². The third kappa shape index (κ3) is 3.24. The Hall–Kier alpha value is -2.15. The van der Waals surface area contributed by atoms with Crippen molar-refractivity contribution in [1.82, 2.24) is 15.2 Å². The normalized spacial score (nSPS) is 16.9. The molecule has 2 amide bonds. The van der Waals surface area contributed by atoms with Crippen LogP contribution >= 0.6 is 0 Å². The van der Waals surface area contributed by atoms with Gasteiger partial charge in [0.15, 0.2) is 0 Å². The summed E-state index contributed by atoms with van der Waals surface area (Å²) in [5, 5.41) is 2.72. The van der Waals surface area contributed by atoms with E-state index < -0.39 is 17.6 Å². The summed E-state index contributed by atoms with van der Waals surface area (Å²) >= 11 is 0. The third-order valence-electron chi connectivity index (χ3n) is 3.47. The minimum absolute atomic E-state index is 0.0215. The maximum Gasteiger partial charge on any atom is 0.294 e. The van der Waals surface area contributed by atoms with E-state index in [0.717, 1.165) is 25.9 Å². The Morgan fingerprint density at radius 1 is 1.35 bits per heavy atom. The lowest BCUT2D eigenvalue weighted by Gasteiger charge is -2.29. The van der Waals surface area contributed by atoms with Crippen molar-refractivity contribution in [2.75, 3.05) is 20.1 Å². The van der Waals surface area contributed by atoms with E-state index in [-0.39, 0.29) is 17.3 Å². The quantitative estimate of drug-likeness (QED) is 0.510. The largest absolute Gasteiger partial charge is 0.366 e. The molecule has 0 unspecified atom stereocenters. The fraction of sp³-hybridized carbons (Fsp3) is 0.462. The van der Waals surface area contributed by atoms with Crippen LogP contribution in [0.15, 0.2) is 12.3 Å². The van der Waals surface area contributed by atoms with Crippen LogP contribution in [0.3, 0.4) is 0 Å². The zero-order valence-electron chi connectivity index (χ0n) is 11.3. The summed E-state index contributed by atoms with van der Waals surface area (Å²) in [6.07, 6.45) is 2.97. The lowest BCUT2D eigenvalue weighted by Crippen LogP contribution is -2.45. The van der Waals surface area contributed by atoms with Crippen LogP contribution in [0, 0.1) is 0 Å². The molecule has 0 aliphatic carbocycles. The van der Waals surface area contributed by atoms with Crippen molar-refractivity contribution < 1.29 is 14.4 Å². The molecule has 0 saturated carbocycles. The minimum atomic E-state index is -0.684. The molecule has 4 N–H and O–H groups in total. The van der Waals surface area contributed by atoms with Gasteiger partial charge < -0.3 is 20.9 Å². The standard InChI is InChI=1S/C13H18N4O3/c1-17-4-2-9(3-5-17)16-13(20)11(18)10-6-8(7-15-10)12(14)19/h6-7,9,15H,2-5H2,1H3,(H2,14,19)(H,16,20). The third-order valence-corrected chi connectivity index (χ3v) is 3.47. The number of carbonyl (C=O) groups is 3. The summed E-state index contributed by atoms with van der Waals surface area (Å²) in [6.45, 7) is 1.79. The molecule has 0 radical (unpaired) electrons. The van der Waals surface area contributed by atoms with Crippen molar-refractivity contribution in [2.24, 2.45) is 5.73 Å². The number of H-pyrrole nitrogens is 1. The number of nitrogens with two attached hydrogens (primary N) is 1. The highest BCUT2D eigenvalue weighted by molar-refractivity contribution is 6.42. The second-order valence-electron chi connectivity index (χ2n) is 5.05. The van der Waals surface area contributed by atoms with Crippen LogP contribution in [0.5, 0.6) is 0 Å². The molecule has 0 bridgehead atoms. The van der Waals surface area contributed by atoms with Gasteiger partial charge in [0.05, 0.1) is 11.3 Å². The van der Waals surface area contributed by atoms with Crippen molar-refractivity contribution in [3.8, 4) is 0 Å². The van der Waals surface area contributed by atoms with Crippen LogP contribution in [-0.4, -0.2) is 53.7 Å². The molecule has 7 nitrogen and oxygen atoms in total. The average Bonchev–Trinajstić information content (AvgIpc) is 2.90. The predicted octanol–water partition coefficient (Wildman–Crippen LogP) is -0.493. The zero-order valence-corrected chi connectivity index (χ0v) is 11.3. The van der Waals surface area contributed by atoms with Gasteiger partial charge in [-0.05, 0) is 39.0 Å².